The zero-order valence-electron chi connectivity index (χ0n) is 10.9. The molecule has 0 aliphatic heterocycles. The molecule has 19 heavy (non-hydrogen) atoms. The number of aliphatic hydroxyl groups excluding tert-OH is 1. The SMILES string of the molecule is CCc1ccc(COc2ccc(CO)cc2F)cc1. The van der Waals surface area contributed by atoms with Crippen LogP contribution < -0.4 is 4.74 Å². The molecule has 2 nitrogen and oxygen atoms in total. The van der Waals surface area contributed by atoms with Gasteiger partial charge in [0.15, 0.2) is 11.6 Å². The monoisotopic (exact) mass is 260 g/mol. The van der Waals surface area contributed by atoms with E-state index in [1.165, 1.54) is 11.6 Å². The number of rotatable bonds is 5. The minimum absolute atomic E-state index is 0.171. The second-order valence-electron chi connectivity index (χ2n) is 4.38. The molecule has 0 bridgehead atoms. The van der Waals surface area contributed by atoms with Crippen LogP contribution in [0.3, 0.4) is 0 Å². The van der Waals surface area contributed by atoms with E-state index in [0.29, 0.717) is 12.2 Å². The van der Waals surface area contributed by atoms with Crippen LogP contribution in [0, 0.1) is 5.82 Å². The molecular weight excluding hydrogens is 243 g/mol. The maximum Gasteiger partial charge on any atom is 0.165 e. The fourth-order valence-electron chi connectivity index (χ4n) is 1.79. The van der Waals surface area contributed by atoms with E-state index in [1.54, 1.807) is 12.1 Å². The standard InChI is InChI=1S/C16H17FO2/c1-2-12-3-5-13(6-4-12)11-19-16-8-7-14(10-18)9-15(16)17/h3-9,18H,2,10-11H2,1H3. The minimum atomic E-state index is -0.447. The van der Waals surface area contributed by atoms with Crippen molar-refractivity contribution in [3.63, 3.8) is 0 Å². The lowest BCUT2D eigenvalue weighted by Gasteiger charge is -2.08. The molecule has 1 N–H and O–H groups in total. The molecule has 2 aromatic carbocycles. The van der Waals surface area contributed by atoms with E-state index >= 15 is 0 Å². The Morgan fingerprint density at radius 3 is 2.21 bits per heavy atom. The van der Waals surface area contributed by atoms with E-state index in [4.69, 9.17) is 9.84 Å². The van der Waals surface area contributed by atoms with Crippen molar-refractivity contribution < 1.29 is 14.2 Å². The highest BCUT2D eigenvalue weighted by atomic mass is 19.1. The smallest absolute Gasteiger partial charge is 0.165 e. The van der Waals surface area contributed by atoms with Crippen molar-refractivity contribution in [1.29, 1.82) is 0 Å². The van der Waals surface area contributed by atoms with Gasteiger partial charge in [0.1, 0.15) is 6.61 Å². The van der Waals surface area contributed by atoms with Gasteiger partial charge >= 0.3 is 0 Å². The van der Waals surface area contributed by atoms with Crippen molar-refractivity contribution in [2.45, 2.75) is 26.6 Å². The van der Waals surface area contributed by atoms with Crippen LogP contribution in [0.5, 0.6) is 5.75 Å². The average Bonchev–Trinajstić information content (AvgIpc) is 2.46. The predicted molar refractivity (Wildman–Crippen MR) is 72.5 cm³/mol. The molecule has 0 fully saturated rings. The van der Waals surface area contributed by atoms with Crippen molar-refractivity contribution in [3.05, 3.63) is 65.0 Å². The first-order valence-electron chi connectivity index (χ1n) is 6.33. The van der Waals surface area contributed by atoms with Gasteiger partial charge in [0.25, 0.3) is 0 Å². The highest BCUT2D eigenvalue weighted by Crippen LogP contribution is 2.19. The van der Waals surface area contributed by atoms with Crippen LogP contribution in [0.1, 0.15) is 23.6 Å². The minimum Gasteiger partial charge on any atom is -0.486 e. The number of benzene rings is 2. The third-order valence-electron chi connectivity index (χ3n) is 3.00. The largest absolute Gasteiger partial charge is 0.486 e. The molecule has 2 aromatic rings. The van der Waals surface area contributed by atoms with Crippen LogP contribution in [0.25, 0.3) is 0 Å². The molecule has 0 aromatic heterocycles. The second-order valence-corrected chi connectivity index (χ2v) is 4.38. The summed E-state index contributed by atoms with van der Waals surface area (Å²) in [6.07, 6.45) is 0.998. The topological polar surface area (TPSA) is 29.5 Å². The molecular formula is C16H17FO2. The molecule has 0 aliphatic rings. The second kappa shape index (κ2) is 6.34. The first-order chi connectivity index (χ1) is 9.22. The van der Waals surface area contributed by atoms with Crippen molar-refractivity contribution in [2.24, 2.45) is 0 Å². The van der Waals surface area contributed by atoms with Gasteiger partial charge in [-0.25, -0.2) is 4.39 Å². The number of halogens is 1. The normalized spacial score (nSPS) is 10.5. The van der Waals surface area contributed by atoms with E-state index in [-0.39, 0.29) is 12.4 Å². The lowest BCUT2D eigenvalue weighted by atomic mass is 10.1. The highest BCUT2D eigenvalue weighted by Gasteiger charge is 2.04. The Hall–Kier alpha value is -1.87. The van der Waals surface area contributed by atoms with Gasteiger partial charge in [-0.05, 0) is 35.2 Å². The highest BCUT2D eigenvalue weighted by molar-refractivity contribution is 5.29. The Labute approximate surface area is 112 Å². The molecule has 0 saturated heterocycles. The summed E-state index contributed by atoms with van der Waals surface area (Å²) in [5.74, 6) is -0.242. The van der Waals surface area contributed by atoms with Crippen LogP contribution in [0.2, 0.25) is 0 Å². The Balaban J connectivity index is 2.01. The quantitative estimate of drug-likeness (QED) is 0.892. The average molecular weight is 260 g/mol. The third-order valence-corrected chi connectivity index (χ3v) is 3.00. The molecule has 0 heterocycles. The van der Waals surface area contributed by atoms with E-state index < -0.39 is 5.82 Å². The predicted octanol–water partition coefficient (Wildman–Crippen LogP) is 3.46. The Morgan fingerprint density at radius 2 is 1.63 bits per heavy atom. The molecule has 0 amide bonds. The number of aryl methyl sites for hydroxylation is 1. The Bertz CT molecular complexity index is 535. The lowest BCUT2D eigenvalue weighted by molar-refractivity contribution is 0.276. The molecule has 0 spiro atoms. The van der Waals surface area contributed by atoms with E-state index in [9.17, 15) is 4.39 Å². The number of hydrogen-bond acceptors (Lipinski definition) is 2. The summed E-state index contributed by atoms with van der Waals surface area (Å²) in [5.41, 5.74) is 2.81. The van der Waals surface area contributed by atoms with Crippen molar-refractivity contribution in [1.82, 2.24) is 0 Å². The van der Waals surface area contributed by atoms with Gasteiger partial charge in [-0.1, -0.05) is 37.3 Å². The van der Waals surface area contributed by atoms with Crippen molar-refractivity contribution in [2.75, 3.05) is 0 Å². The summed E-state index contributed by atoms with van der Waals surface area (Å²) in [6, 6.07) is 12.5. The van der Waals surface area contributed by atoms with Crippen molar-refractivity contribution in [3.8, 4) is 5.75 Å². The fourth-order valence-corrected chi connectivity index (χ4v) is 1.79. The summed E-state index contributed by atoms with van der Waals surface area (Å²) < 4.78 is 19.1. The lowest BCUT2D eigenvalue weighted by Crippen LogP contribution is -1.98. The van der Waals surface area contributed by atoms with Gasteiger partial charge in [0.2, 0.25) is 0 Å². The van der Waals surface area contributed by atoms with Crippen LogP contribution in [0.4, 0.5) is 4.39 Å². The van der Waals surface area contributed by atoms with Gasteiger partial charge in [-0.15, -0.1) is 0 Å². The summed E-state index contributed by atoms with van der Waals surface area (Å²) >= 11 is 0. The van der Waals surface area contributed by atoms with Gasteiger partial charge in [0.05, 0.1) is 6.61 Å². The third kappa shape index (κ3) is 3.55. The summed E-state index contributed by atoms with van der Waals surface area (Å²) in [7, 11) is 0. The fraction of sp³-hybridized carbons (Fsp3) is 0.250. The van der Waals surface area contributed by atoms with Gasteiger partial charge in [-0.3, -0.25) is 0 Å². The molecule has 3 heteroatoms. The summed E-state index contributed by atoms with van der Waals surface area (Å²) in [5, 5.41) is 8.90. The molecule has 0 unspecified atom stereocenters. The van der Waals surface area contributed by atoms with Crippen molar-refractivity contribution >= 4 is 0 Å². The molecule has 100 valence electrons. The Kier molecular flexibility index (Phi) is 4.53. The molecule has 0 saturated carbocycles. The van der Waals surface area contributed by atoms with Crippen LogP contribution in [0.15, 0.2) is 42.5 Å². The van der Waals surface area contributed by atoms with Gasteiger partial charge in [-0.2, -0.15) is 0 Å². The molecule has 0 aliphatic carbocycles. The van der Waals surface area contributed by atoms with E-state index in [0.717, 1.165) is 12.0 Å². The first kappa shape index (κ1) is 13.6. The number of hydrogen-bond donors (Lipinski definition) is 1. The van der Waals surface area contributed by atoms with Crippen LogP contribution >= 0.6 is 0 Å². The van der Waals surface area contributed by atoms with Gasteiger partial charge < -0.3 is 9.84 Å². The number of aliphatic hydroxyl groups is 1. The summed E-state index contributed by atoms with van der Waals surface area (Å²) in [6.45, 7) is 2.26. The van der Waals surface area contributed by atoms with Crippen LogP contribution in [-0.4, -0.2) is 5.11 Å². The number of ether oxygens (including phenoxy) is 1. The molecule has 2 rings (SSSR count). The van der Waals surface area contributed by atoms with Gasteiger partial charge in [0, 0.05) is 0 Å². The maximum atomic E-state index is 13.6. The molecule has 0 radical (unpaired) electrons. The van der Waals surface area contributed by atoms with Crippen LogP contribution in [-0.2, 0) is 19.6 Å². The summed E-state index contributed by atoms with van der Waals surface area (Å²) in [4.78, 5) is 0. The molecule has 0 atom stereocenters. The zero-order valence-corrected chi connectivity index (χ0v) is 10.9. The zero-order chi connectivity index (χ0) is 13.7. The van der Waals surface area contributed by atoms with E-state index in [1.807, 2.05) is 24.3 Å². The maximum absolute atomic E-state index is 13.6. The first-order valence-corrected chi connectivity index (χ1v) is 6.33. The Morgan fingerprint density at radius 1 is 1.00 bits per heavy atom. The van der Waals surface area contributed by atoms with E-state index in [2.05, 4.69) is 6.92 Å².